The van der Waals surface area contributed by atoms with E-state index in [1.54, 1.807) is 30.0 Å². The standard InChI is InChI=1S/C15H18BrFN2OS.C14H19BrFNOS/c1-14(11-8-10(16)2-3-12(11)17)9-15(21-13(18)19-14)4-6-20-7-5-15;1-13(17,9-14(19)4-6-18-7-5-14)11-8-10(15)2-3-12(11)16/h2-3,8H,4-7,9H2,1H3,(H2,18,19);2-3,8,19H,4-7,9,17H2,1H3. The van der Waals surface area contributed by atoms with Crippen molar-refractivity contribution >= 4 is 61.4 Å². The Morgan fingerprint density at radius 3 is 2.15 bits per heavy atom. The van der Waals surface area contributed by atoms with Crippen molar-refractivity contribution in [2.24, 2.45) is 16.5 Å². The van der Waals surface area contributed by atoms with Crippen molar-refractivity contribution in [3.05, 3.63) is 68.1 Å². The van der Waals surface area contributed by atoms with Crippen molar-refractivity contribution in [2.45, 2.75) is 72.9 Å². The predicted molar refractivity (Wildman–Crippen MR) is 170 cm³/mol. The van der Waals surface area contributed by atoms with Crippen LogP contribution in [0.2, 0.25) is 0 Å². The summed E-state index contributed by atoms with van der Waals surface area (Å²) in [6.07, 6.45) is 4.96. The Labute approximate surface area is 262 Å². The molecule has 2 aromatic carbocycles. The highest BCUT2D eigenvalue weighted by Crippen LogP contribution is 2.50. The Hall–Kier alpha value is -0.690. The third-order valence-electron chi connectivity index (χ3n) is 7.92. The van der Waals surface area contributed by atoms with Gasteiger partial charge in [-0.2, -0.15) is 12.6 Å². The molecule has 2 fully saturated rings. The highest BCUT2D eigenvalue weighted by Gasteiger charge is 2.46. The van der Waals surface area contributed by atoms with Crippen molar-refractivity contribution < 1.29 is 18.3 Å². The molecule has 11 heteroatoms. The molecular formula is C29H37Br2F2N3O2S2. The Kier molecular flexibility index (Phi) is 10.4. The number of nitrogens with two attached hydrogens (primary N) is 2. The number of benzene rings is 2. The fourth-order valence-corrected chi connectivity index (χ4v) is 8.57. The first-order valence-corrected chi connectivity index (χ1v) is 16.2. The van der Waals surface area contributed by atoms with Crippen LogP contribution in [0.5, 0.6) is 0 Å². The monoisotopic (exact) mass is 719 g/mol. The van der Waals surface area contributed by atoms with Crippen molar-refractivity contribution in [2.75, 3.05) is 26.4 Å². The summed E-state index contributed by atoms with van der Waals surface area (Å²) in [4.78, 5) is 4.59. The first-order chi connectivity index (χ1) is 18.7. The van der Waals surface area contributed by atoms with Crippen LogP contribution in [0.25, 0.3) is 0 Å². The van der Waals surface area contributed by atoms with Crippen molar-refractivity contribution in [3.8, 4) is 0 Å². The van der Waals surface area contributed by atoms with Crippen LogP contribution in [0.15, 0.2) is 50.3 Å². The summed E-state index contributed by atoms with van der Waals surface area (Å²) < 4.78 is 40.7. The highest BCUT2D eigenvalue weighted by atomic mass is 79.9. The molecule has 5 rings (SSSR count). The molecule has 2 saturated heterocycles. The van der Waals surface area contributed by atoms with Gasteiger partial charge < -0.3 is 20.9 Å². The van der Waals surface area contributed by atoms with Gasteiger partial charge in [0.2, 0.25) is 0 Å². The van der Waals surface area contributed by atoms with Gasteiger partial charge in [-0.05, 0) is 88.8 Å². The van der Waals surface area contributed by atoms with E-state index in [-0.39, 0.29) is 21.1 Å². The summed E-state index contributed by atoms with van der Waals surface area (Å²) in [6.45, 7) is 6.70. The van der Waals surface area contributed by atoms with Crippen LogP contribution in [-0.2, 0) is 20.6 Å². The number of ether oxygens (including phenoxy) is 2. The largest absolute Gasteiger partial charge is 0.381 e. The molecular weight excluding hydrogens is 684 g/mol. The number of thiol groups is 1. The summed E-state index contributed by atoms with van der Waals surface area (Å²) in [5.41, 5.74) is 12.2. The molecule has 0 amide bonds. The molecule has 40 heavy (non-hydrogen) atoms. The second kappa shape index (κ2) is 12.9. The SMILES string of the molecule is CC(N)(CC1(S)CCOCC1)c1cc(Br)ccc1F.CC1(c2cc(Br)ccc2F)CC2(CCOCC2)SC(N)=N1. The van der Waals surface area contributed by atoms with Gasteiger partial charge >= 0.3 is 0 Å². The lowest BCUT2D eigenvalue weighted by Crippen LogP contribution is -2.45. The predicted octanol–water partition coefficient (Wildman–Crippen LogP) is 7.44. The molecule has 5 nitrogen and oxygen atoms in total. The van der Waals surface area contributed by atoms with Crippen LogP contribution in [-0.4, -0.2) is 41.1 Å². The van der Waals surface area contributed by atoms with Crippen LogP contribution in [0.4, 0.5) is 8.78 Å². The van der Waals surface area contributed by atoms with E-state index >= 15 is 0 Å². The molecule has 3 aliphatic rings. The summed E-state index contributed by atoms with van der Waals surface area (Å²) in [5.74, 6) is -0.497. The zero-order valence-electron chi connectivity index (χ0n) is 22.8. The summed E-state index contributed by atoms with van der Waals surface area (Å²) in [5, 5.41) is 0.546. The molecule has 2 atom stereocenters. The summed E-state index contributed by atoms with van der Waals surface area (Å²) in [6, 6.07) is 9.88. The highest BCUT2D eigenvalue weighted by molar-refractivity contribution is 9.10. The molecule has 1 spiro atoms. The van der Waals surface area contributed by atoms with E-state index in [1.165, 1.54) is 12.1 Å². The molecule has 0 aromatic heterocycles. The van der Waals surface area contributed by atoms with Crippen LogP contribution >= 0.6 is 56.3 Å². The van der Waals surface area contributed by atoms with Gasteiger partial charge in [0.05, 0.1) is 5.54 Å². The third-order valence-corrected chi connectivity index (χ3v) is 10.8. The van der Waals surface area contributed by atoms with Gasteiger partial charge in [0.15, 0.2) is 5.17 Å². The number of halogens is 4. The second-order valence-electron chi connectivity index (χ2n) is 11.5. The smallest absolute Gasteiger partial charge is 0.155 e. The summed E-state index contributed by atoms with van der Waals surface area (Å²) in [7, 11) is 0. The average molecular weight is 722 g/mol. The number of hydrogen-bond donors (Lipinski definition) is 3. The molecule has 0 radical (unpaired) electrons. The van der Waals surface area contributed by atoms with E-state index < -0.39 is 11.1 Å². The van der Waals surface area contributed by atoms with E-state index in [1.807, 2.05) is 19.9 Å². The lowest BCUT2D eigenvalue weighted by molar-refractivity contribution is 0.0690. The van der Waals surface area contributed by atoms with E-state index in [4.69, 9.17) is 33.6 Å². The minimum absolute atomic E-state index is 0.00753. The topological polar surface area (TPSA) is 82.9 Å². The average Bonchev–Trinajstić information content (AvgIpc) is 2.87. The van der Waals surface area contributed by atoms with E-state index in [0.29, 0.717) is 35.9 Å². The van der Waals surface area contributed by atoms with Crippen molar-refractivity contribution in [1.29, 1.82) is 0 Å². The maximum absolute atomic E-state index is 14.3. The fraction of sp³-hybridized carbons (Fsp3) is 0.552. The zero-order valence-corrected chi connectivity index (χ0v) is 27.7. The molecule has 3 heterocycles. The number of rotatable bonds is 4. The normalized spacial score (nSPS) is 25.4. The van der Waals surface area contributed by atoms with E-state index in [2.05, 4.69) is 36.9 Å². The van der Waals surface area contributed by atoms with Crippen LogP contribution < -0.4 is 11.5 Å². The van der Waals surface area contributed by atoms with Crippen molar-refractivity contribution in [3.63, 3.8) is 0 Å². The minimum atomic E-state index is -0.743. The van der Waals surface area contributed by atoms with Gasteiger partial charge in [0, 0.05) is 61.5 Å². The molecule has 4 N–H and O–H groups in total. The molecule has 220 valence electrons. The maximum atomic E-state index is 14.3. The minimum Gasteiger partial charge on any atom is -0.381 e. The van der Waals surface area contributed by atoms with Gasteiger partial charge in [-0.25, -0.2) is 8.78 Å². The van der Waals surface area contributed by atoms with Crippen LogP contribution in [0.3, 0.4) is 0 Å². The number of hydrogen-bond acceptors (Lipinski definition) is 7. The molecule has 0 saturated carbocycles. The number of nitrogens with zero attached hydrogens (tertiary/aromatic N) is 1. The first kappa shape index (κ1) is 32.2. The molecule has 2 aromatic rings. The molecule has 0 aliphatic carbocycles. The molecule has 3 aliphatic heterocycles. The maximum Gasteiger partial charge on any atom is 0.155 e. The summed E-state index contributed by atoms with van der Waals surface area (Å²) >= 11 is 13.2. The number of thioether (sulfide) groups is 1. The van der Waals surface area contributed by atoms with Gasteiger partial charge in [0.25, 0.3) is 0 Å². The number of amidine groups is 1. The second-order valence-corrected chi connectivity index (χ2v) is 15.7. The Bertz CT molecular complexity index is 1240. The lowest BCUT2D eigenvalue weighted by Gasteiger charge is -2.45. The van der Waals surface area contributed by atoms with Gasteiger partial charge in [-0.3, -0.25) is 4.99 Å². The van der Waals surface area contributed by atoms with Gasteiger partial charge in [-0.1, -0.05) is 43.6 Å². The quantitative estimate of drug-likeness (QED) is 0.286. The van der Waals surface area contributed by atoms with Crippen LogP contribution in [0, 0.1) is 11.6 Å². The Morgan fingerprint density at radius 2 is 1.52 bits per heavy atom. The Morgan fingerprint density at radius 1 is 0.975 bits per heavy atom. The Balaban J connectivity index is 0.000000186. The van der Waals surface area contributed by atoms with Crippen LogP contribution in [0.1, 0.15) is 63.5 Å². The third kappa shape index (κ3) is 7.82. The molecule has 2 unspecified atom stereocenters. The van der Waals surface area contributed by atoms with E-state index in [9.17, 15) is 8.78 Å². The van der Waals surface area contributed by atoms with Gasteiger partial charge in [0.1, 0.15) is 11.6 Å². The fourth-order valence-electron chi connectivity index (χ4n) is 5.92. The number of aliphatic imine (C=N–C) groups is 1. The zero-order chi connectivity index (χ0) is 29.2. The van der Waals surface area contributed by atoms with E-state index in [0.717, 1.165) is 54.3 Å². The first-order valence-electron chi connectivity index (χ1n) is 13.4. The van der Waals surface area contributed by atoms with Crippen molar-refractivity contribution in [1.82, 2.24) is 0 Å². The lowest BCUT2D eigenvalue weighted by atomic mass is 9.79. The van der Waals surface area contributed by atoms with Gasteiger partial charge in [-0.15, -0.1) is 0 Å². The molecule has 0 bridgehead atoms.